The predicted molar refractivity (Wildman–Crippen MR) is 120 cm³/mol. The van der Waals surface area contributed by atoms with Gasteiger partial charge in [0.05, 0.1) is 11.3 Å². The first-order valence-corrected chi connectivity index (χ1v) is 10.1. The van der Waals surface area contributed by atoms with Gasteiger partial charge in [-0.05, 0) is 57.9 Å². The van der Waals surface area contributed by atoms with E-state index >= 15 is 0 Å². The number of carbonyl (C=O) groups excluding carboxylic acids is 3. The molecule has 6 heteroatoms. The van der Waals surface area contributed by atoms with Crippen molar-refractivity contribution in [3.8, 4) is 0 Å². The molecule has 160 valence electrons. The normalized spacial score (nSPS) is 12.2. The Kier molecular flexibility index (Phi) is 7.38. The summed E-state index contributed by atoms with van der Waals surface area (Å²) in [5, 5.41) is 8.52. The molecule has 0 saturated heterocycles. The number of hydrogen-bond acceptors (Lipinski definition) is 3. The van der Waals surface area contributed by atoms with Gasteiger partial charge in [0.2, 0.25) is 5.91 Å². The number of nitrogens with one attached hydrogen (secondary N) is 3. The second kappa shape index (κ2) is 9.57. The monoisotopic (exact) mass is 409 g/mol. The Labute approximate surface area is 178 Å². The molecule has 0 radical (unpaired) electrons. The molecule has 2 rings (SSSR count). The van der Waals surface area contributed by atoms with Gasteiger partial charge in [-0.2, -0.15) is 0 Å². The van der Waals surface area contributed by atoms with E-state index in [-0.39, 0.29) is 17.7 Å². The van der Waals surface area contributed by atoms with Crippen molar-refractivity contribution in [2.45, 2.75) is 53.1 Å². The third kappa shape index (κ3) is 6.44. The van der Waals surface area contributed by atoms with Gasteiger partial charge in [0.1, 0.15) is 6.04 Å². The lowest BCUT2D eigenvalue weighted by atomic mass is 10.0. The zero-order valence-electron chi connectivity index (χ0n) is 18.5. The summed E-state index contributed by atoms with van der Waals surface area (Å²) < 4.78 is 0. The van der Waals surface area contributed by atoms with Crippen LogP contribution >= 0.6 is 0 Å². The summed E-state index contributed by atoms with van der Waals surface area (Å²) in [4.78, 5) is 38.2. The average Bonchev–Trinajstić information content (AvgIpc) is 2.65. The minimum atomic E-state index is -0.697. The zero-order chi connectivity index (χ0) is 22.5. The fraction of sp³-hybridized carbons (Fsp3) is 0.375. The van der Waals surface area contributed by atoms with Crippen LogP contribution in [0, 0.1) is 12.8 Å². The third-order valence-corrected chi connectivity index (χ3v) is 4.47. The van der Waals surface area contributed by atoms with Crippen LogP contribution in [0.4, 0.5) is 5.69 Å². The maximum absolute atomic E-state index is 13.0. The van der Waals surface area contributed by atoms with E-state index in [9.17, 15) is 14.4 Å². The van der Waals surface area contributed by atoms with Gasteiger partial charge in [-0.15, -0.1) is 0 Å². The first-order valence-electron chi connectivity index (χ1n) is 10.1. The first kappa shape index (κ1) is 23.1. The molecule has 0 heterocycles. The number of benzene rings is 2. The van der Waals surface area contributed by atoms with Crippen molar-refractivity contribution in [1.29, 1.82) is 0 Å². The van der Waals surface area contributed by atoms with Crippen LogP contribution in [-0.4, -0.2) is 29.3 Å². The van der Waals surface area contributed by atoms with Crippen LogP contribution in [0.2, 0.25) is 0 Å². The number of para-hydroxylation sites is 1. The summed E-state index contributed by atoms with van der Waals surface area (Å²) >= 11 is 0. The molecule has 6 nitrogen and oxygen atoms in total. The topological polar surface area (TPSA) is 87.3 Å². The van der Waals surface area contributed by atoms with Crippen molar-refractivity contribution in [3.05, 3.63) is 65.2 Å². The largest absolute Gasteiger partial charge is 0.350 e. The number of hydrogen-bond donors (Lipinski definition) is 3. The van der Waals surface area contributed by atoms with Crippen molar-refractivity contribution < 1.29 is 14.4 Å². The molecule has 0 fully saturated rings. The van der Waals surface area contributed by atoms with Crippen LogP contribution in [0.15, 0.2) is 48.5 Å². The smallest absolute Gasteiger partial charge is 0.255 e. The van der Waals surface area contributed by atoms with E-state index in [2.05, 4.69) is 16.0 Å². The summed E-state index contributed by atoms with van der Waals surface area (Å²) in [6.45, 7) is 11.4. The molecule has 2 aromatic carbocycles. The summed E-state index contributed by atoms with van der Waals surface area (Å²) in [6, 6.07) is 13.2. The lowest BCUT2D eigenvalue weighted by Crippen LogP contribution is -2.54. The molecule has 0 aliphatic rings. The molecule has 0 bridgehead atoms. The molecule has 3 amide bonds. The van der Waals surface area contributed by atoms with Gasteiger partial charge in [0.25, 0.3) is 11.8 Å². The van der Waals surface area contributed by atoms with Crippen molar-refractivity contribution >= 4 is 23.4 Å². The highest BCUT2D eigenvalue weighted by Crippen LogP contribution is 2.18. The SMILES string of the molecule is Cc1ccc(C(=O)Nc2ccccc2C(=O)NC(C(=O)NC(C)(C)C)C(C)C)cc1. The van der Waals surface area contributed by atoms with Crippen LogP contribution in [-0.2, 0) is 4.79 Å². The van der Waals surface area contributed by atoms with Crippen molar-refractivity contribution in [1.82, 2.24) is 10.6 Å². The van der Waals surface area contributed by atoms with E-state index in [0.29, 0.717) is 16.8 Å². The molecule has 1 unspecified atom stereocenters. The highest BCUT2D eigenvalue weighted by molar-refractivity contribution is 6.09. The Bertz CT molecular complexity index is 912. The van der Waals surface area contributed by atoms with E-state index in [4.69, 9.17) is 0 Å². The van der Waals surface area contributed by atoms with Crippen molar-refractivity contribution in [2.75, 3.05) is 5.32 Å². The average molecular weight is 410 g/mol. The molecule has 1 atom stereocenters. The molecular formula is C24H31N3O3. The molecule has 0 saturated carbocycles. The second-order valence-electron chi connectivity index (χ2n) is 8.80. The summed E-state index contributed by atoms with van der Waals surface area (Å²) in [7, 11) is 0. The number of carbonyl (C=O) groups is 3. The second-order valence-corrected chi connectivity index (χ2v) is 8.80. The van der Waals surface area contributed by atoms with Crippen LogP contribution in [0.25, 0.3) is 0 Å². The van der Waals surface area contributed by atoms with Gasteiger partial charge in [-0.3, -0.25) is 14.4 Å². The lowest BCUT2D eigenvalue weighted by Gasteiger charge is -2.27. The molecule has 0 aliphatic carbocycles. The number of amides is 3. The van der Waals surface area contributed by atoms with Crippen LogP contribution in [0.1, 0.15) is 60.9 Å². The van der Waals surface area contributed by atoms with Gasteiger partial charge in [-0.1, -0.05) is 43.7 Å². The van der Waals surface area contributed by atoms with E-state index in [1.54, 1.807) is 36.4 Å². The van der Waals surface area contributed by atoms with Crippen molar-refractivity contribution in [3.63, 3.8) is 0 Å². The van der Waals surface area contributed by atoms with Crippen LogP contribution < -0.4 is 16.0 Å². The van der Waals surface area contributed by atoms with Crippen molar-refractivity contribution in [2.24, 2.45) is 5.92 Å². The summed E-state index contributed by atoms with van der Waals surface area (Å²) in [5.74, 6) is -1.07. The predicted octanol–water partition coefficient (Wildman–Crippen LogP) is 3.92. The minimum absolute atomic E-state index is 0.106. The maximum Gasteiger partial charge on any atom is 0.255 e. The molecule has 0 aromatic heterocycles. The maximum atomic E-state index is 13.0. The fourth-order valence-corrected chi connectivity index (χ4v) is 2.89. The van der Waals surface area contributed by atoms with Gasteiger partial charge in [0.15, 0.2) is 0 Å². The zero-order valence-corrected chi connectivity index (χ0v) is 18.5. The number of anilines is 1. The van der Waals surface area contributed by atoms with E-state index in [1.165, 1.54) is 0 Å². The summed E-state index contributed by atoms with van der Waals surface area (Å²) in [5.41, 5.74) is 1.83. The fourth-order valence-electron chi connectivity index (χ4n) is 2.89. The summed E-state index contributed by atoms with van der Waals surface area (Å²) in [6.07, 6.45) is 0. The van der Waals surface area contributed by atoms with Crippen LogP contribution in [0.5, 0.6) is 0 Å². The van der Waals surface area contributed by atoms with E-state index in [0.717, 1.165) is 5.56 Å². The van der Waals surface area contributed by atoms with E-state index in [1.807, 2.05) is 53.7 Å². The molecular weight excluding hydrogens is 378 g/mol. The highest BCUT2D eigenvalue weighted by Gasteiger charge is 2.28. The Morgan fingerprint density at radius 1 is 0.867 bits per heavy atom. The Balaban J connectivity index is 2.20. The molecule has 30 heavy (non-hydrogen) atoms. The van der Waals surface area contributed by atoms with Gasteiger partial charge in [0, 0.05) is 11.1 Å². The molecule has 3 N–H and O–H groups in total. The first-order chi connectivity index (χ1) is 14.0. The van der Waals surface area contributed by atoms with E-state index < -0.39 is 17.5 Å². The van der Waals surface area contributed by atoms with Gasteiger partial charge >= 0.3 is 0 Å². The Morgan fingerprint density at radius 2 is 1.47 bits per heavy atom. The Hall–Kier alpha value is -3.15. The lowest BCUT2D eigenvalue weighted by molar-refractivity contribution is -0.125. The van der Waals surface area contributed by atoms with Gasteiger partial charge in [-0.25, -0.2) is 0 Å². The highest BCUT2D eigenvalue weighted by atomic mass is 16.2. The number of aryl methyl sites for hydroxylation is 1. The third-order valence-electron chi connectivity index (χ3n) is 4.47. The minimum Gasteiger partial charge on any atom is -0.350 e. The quantitative estimate of drug-likeness (QED) is 0.676. The molecule has 0 spiro atoms. The molecule has 2 aromatic rings. The van der Waals surface area contributed by atoms with Crippen LogP contribution in [0.3, 0.4) is 0 Å². The molecule has 0 aliphatic heterocycles. The number of rotatable bonds is 6. The Morgan fingerprint density at radius 3 is 2.03 bits per heavy atom. The van der Waals surface area contributed by atoms with Gasteiger partial charge < -0.3 is 16.0 Å². The standard InChI is InChI=1S/C24H31N3O3/c1-15(2)20(23(30)27-24(4,5)6)26-22(29)18-9-7-8-10-19(18)25-21(28)17-13-11-16(3)12-14-17/h7-15,20H,1-6H3,(H,25,28)(H,26,29)(H,27,30).